The minimum absolute atomic E-state index is 0.00954. The van der Waals surface area contributed by atoms with Gasteiger partial charge in [-0.25, -0.2) is 0 Å². The number of rotatable bonds is 2. The minimum Gasteiger partial charge on any atom is -0.337 e. The summed E-state index contributed by atoms with van der Waals surface area (Å²) in [5.41, 5.74) is 0. The van der Waals surface area contributed by atoms with Crippen LogP contribution in [0.25, 0.3) is 0 Å². The van der Waals surface area contributed by atoms with Crippen LogP contribution in [0.3, 0.4) is 0 Å². The molecule has 1 fully saturated rings. The normalized spacial score (nSPS) is 20.4. The highest BCUT2D eigenvalue weighted by molar-refractivity contribution is 7.80. The molecule has 0 saturated carbocycles. The zero-order chi connectivity index (χ0) is 8.43. The SMILES string of the molecule is CCC(C)N1CC(=O)NC1=S. The van der Waals surface area contributed by atoms with Crippen molar-refractivity contribution in [2.24, 2.45) is 0 Å². The van der Waals surface area contributed by atoms with Gasteiger partial charge in [0.15, 0.2) is 5.11 Å². The molecule has 11 heavy (non-hydrogen) atoms. The molecule has 0 bridgehead atoms. The van der Waals surface area contributed by atoms with Crippen LogP contribution in [0.5, 0.6) is 0 Å². The fourth-order valence-electron chi connectivity index (χ4n) is 1.03. The topological polar surface area (TPSA) is 32.3 Å². The first kappa shape index (κ1) is 8.46. The van der Waals surface area contributed by atoms with E-state index in [1.165, 1.54) is 0 Å². The van der Waals surface area contributed by atoms with E-state index in [1.807, 2.05) is 4.90 Å². The van der Waals surface area contributed by atoms with Crippen LogP contribution in [0.2, 0.25) is 0 Å². The Morgan fingerprint density at radius 2 is 2.45 bits per heavy atom. The molecule has 1 amide bonds. The van der Waals surface area contributed by atoms with Gasteiger partial charge in [0.1, 0.15) is 0 Å². The van der Waals surface area contributed by atoms with Crippen LogP contribution in [-0.2, 0) is 4.79 Å². The van der Waals surface area contributed by atoms with Gasteiger partial charge in [-0.05, 0) is 25.6 Å². The zero-order valence-electron chi connectivity index (χ0n) is 6.76. The summed E-state index contributed by atoms with van der Waals surface area (Å²) in [5.74, 6) is 0.00954. The molecule has 1 N–H and O–H groups in total. The standard InChI is InChI=1S/C7H12N2OS/c1-3-5(2)9-4-6(10)8-7(9)11/h5H,3-4H2,1-2H3,(H,8,10,11). The first-order valence-electron chi connectivity index (χ1n) is 3.75. The Labute approximate surface area is 71.8 Å². The Balaban J connectivity index is 2.59. The minimum atomic E-state index is 0.00954. The first-order chi connectivity index (χ1) is 5.15. The van der Waals surface area contributed by atoms with E-state index in [9.17, 15) is 4.79 Å². The molecule has 0 spiro atoms. The average Bonchev–Trinajstić information content (AvgIpc) is 2.28. The number of hydrogen-bond acceptors (Lipinski definition) is 2. The molecule has 1 unspecified atom stereocenters. The van der Waals surface area contributed by atoms with Gasteiger partial charge in [-0.3, -0.25) is 4.79 Å². The third-order valence-electron chi connectivity index (χ3n) is 1.94. The maximum absolute atomic E-state index is 10.8. The summed E-state index contributed by atoms with van der Waals surface area (Å²) in [7, 11) is 0. The Hall–Kier alpha value is -0.640. The van der Waals surface area contributed by atoms with Crippen molar-refractivity contribution in [3.05, 3.63) is 0 Å². The molecule has 0 aromatic carbocycles. The Morgan fingerprint density at radius 1 is 1.82 bits per heavy atom. The van der Waals surface area contributed by atoms with Gasteiger partial charge in [-0.2, -0.15) is 0 Å². The lowest BCUT2D eigenvalue weighted by Crippen LogP contribution is -2.35. The summed E-state index contributed by atoms with van der Waals surface area (Å²) in [6, 6.07) is 0.362. The number of amides is 1. The quantitative estimate of drug-likeness (QED) is 0.616. The van der Waals surface area contributed by atoms with E-state index < -0.39 is 0 Å². The fraction of sp³-hybridized carbons (Fsp3) is 0.714. The highest BCUT2D eigenvalue weighted by Crippen LogP contribution is 2.07. The first-order valence-corrected chi connectivity index (χ1v) is 4.16. The predicted octanol–water partition coefficient (Wildman–Crippen LogP) is 0.502. The van der Waals surface area contributed by atoms with Crippen molar-refractivity contribution >= 4 is 23.2 Å². The summed E-state index contributed by atoms with van der Waals surface area (Å²) in [4.78, 5) is 12.8. The van der Waals surface area contributed by atoms with Crippen molar-refractivity contribution in [1.29, 1.82) is 0 Å². The summed E-state index contributed by atoms with van der Waals surface area (Å²) < 4.78 is 0. The van der Waals surface area contributed by atoms with Gasteiger partial charge in [0.25, 0.3) is 0 Å². The van der Waals surface area contributed by atoms with Gasteiger partial charge in [0, 0.05) is 6.04 Å². The lowest BCUT2D eigenvalue weighted by molar-refractivity contribution is -0.118. The van der Waals surface area contributed by atoms with Crippen LogP contribution in [0.15, 0.2) is 0 Å². The fourth-order valence-corrected chi connectivity index (χ4v) is 1.39. The molecular weight excluding hydrogens is 160 g/mol. The van der Waals surface area contributed by atoms with E-state index in [0.717, 1.165) is 6.42 Å². The molecule has 62 valence electrons. The van der Waals surface area contributed by atoms with Crippen LogP contribution in [0.1, 0.15) is 20.3 Å². The number of nitrogens with zero attached hydrogens (tertiary/aromatic N) is 1. The van der Waals surface area contributed by atoms with Crippen molar-refractivity contribution in [3.63, 3.8) is 0 Å². The van der Waals surface area contributed by atoms with E-state index in [-0.39, 0.29) is 5.91 Å². The molecule has 1 heterocycles. The molecule has 1 rings (SSSR count). The smallest absolute Gasteiger partial charge is 0.245 e. The van der Waals surface area contributed by atoms with Crippen molar-refractivity contribution < 1.29 is 4.79 Å². The number of carbonyl (C=O) groups excluding carboxylic acids is 1. The van der Waals surface area contributed by atoms with E-state index >= 15 is 0 Å². The lowest BCUT2D eigenvalue weighted by Gasteiger charge is -2.22. The molecule has 0 aromatic heterocycles. The summed E-state index contributed by atoms with van der Waals surface area (Å²) in [5, 5.41) is 3.17. The van der Waals surface area contributed by atoms with Crippen molar-refractivity contribution in [1.82, 2.24) is 10.2 Å². The van der Waals surface area contributed by atoms with Crippen molar-refractivity contribution in [3.8, 4) is 0 Å². The van der Waals surface area contributed by atoms with E-state index in [1.54, 1.807) is 0 Å². The molecule has 1 atom stereocenters. The average molecular weight is 172 g/mol. The second-order valence-corrected chi connectivity index (χ2v) is 3.13. The van der Waals surface area contributed by atoms with Crippen LogP contribution in [0.4, 0.5) is 0 Å². The summed E-state index contributed by atoms with van der Waals surface area (Å²) in [6.07, 6.45) is 1.01. The summed E-state index contributed by atoms with van der Waals surface area (Å²) >= 11 is 4.95. The Kier molecular flexibility index (Phi) is 2.44. The number of hydrogen-bond donors (Lipinski definition) is 1. The molecule has 4 heteroatoms. The van der Waals surface area contributed by atoms with Gasteiger partial charge in [0.05, 0.1) is 6.54 Å². The summed E-state index contributed by atoms with van der Waals surface area (Å²) in [6.45, 7) is 4.57. The van der Waals surface area contributed by atoms with Crippen LogP contribution in [-0.4, -0.2) is 28.5 Å². The van der Waals surface area contributed by atoms with Crippen LogP contribution < -0.4 is 5.32 Å². The number of nitrogens with one attached hydrogen (secondary N) is 1. The van der Waals surface area contributed by atoms with Gasteiger partial charge >= 0.3 is 0 Å². The maximum atomic E-state index is 10.8. The Bertz CT molecular complexity index is 193. The molecule has 0 radical (unpaired) electrons. The molecule has 0 aromatic rings. The van der Waals surface area contributed by atoms with Crippen LogP contribution >= 0.6 is 12.2 Å². The highest BCUT2D eigenvalue weighted by atomic mass is 32.1. The molecular formula is C7H12N2OS. The van der Waals surface area contributed by atoms with Gasteiger partial charge < -0.3 is 10.2 Å². The van der Waals surface area contributed by atoms with Crippen molar-refractivity contribution in [2.45, 2.75) is 26.3 Å². The molecule has 1 aliphatic rings. The van der Waals surface area contributed by atoms with E-state index in [4.69, 9.17) is 12.2 Å². The second-order valence-electron chi connectivity index (χ2n) is 2.74. The van der Waals surface area contributed by atoms with E-state index in [2.05, 4.69) is 19.2 Å². The van der Waals surface area contributed by atoms with Gasteiger partial charge in [-0.1, -0.05) is 6.92 Å². The monoisotopic (exact) mass is 172 g/mol. The zero-order valence-corrected chi connectivity index (χ0v) is 7.57. The molecule has 0 aliphatic carbocycles. The number of carbonyl (C=O) groups is 1. The molecule has 1 saturated heterocycles. The predicted molar refractivity (Wildman–Crippen MR) is 47.2 cm³/mol. The third-order valence-corrected chi connectivity index (χ3v) is 2.28. The van der Waals surface area contributed by atoms with E-state index in [0.29, 0.717) is 17.7 Å². The maximum Gasteiger partial charge on any atom is 0.245 e. The third kappa shape index (κ3) is 1.68. The van der Waals surface area contributed by atoms with Gasteiger partial charge in [0.2, 0.25) is 5.91 Å². The lowest BCUT2D eigenvalue weighted by atomic mass is 10.2. The number of thiocarbonyl (C=S) groups is 1. The molecule has 3 nitrogen and oxygen atoms in total. The van der Waals surface area contributed by atoms with Gasteiger partial charge in [-0.15, -0.1) is 0 Å². The largest absolute Gasteiger partial charge is 0.337 e. The highest BCUT2D eigenvalue weighted by Gasteiger charge is 2.26. The Morgan fingerprint density at radius 3 is 2.82 bits per heavy atom. The van der Waals surface area contributed by atoms with Crippen molar-refractivity contribution in [2.75, 3.05) is 6.54 Å². The second kappa shape index (κ2) is 3.17. The molecule has 1 aliphatic heterocycles. The van der Waals surface area contributed by atoms with Crippen LogP contribution in [0, 0.1) is 0 Å².